The van der Waals surface area contributed by atoms with Crippen LogP contribution in [0.25, 0.3) is 0 Å². The summed E-state index contributed by atoms with van der Waals surface area (Å²) in [5, 5.41) is 12.1. The van der Waals surface area contributed by atoms with E-state index < -0.39 is 0 Å². The minimum Gasteiger partial charge on any atom is -0.398 e. The van der Waals surface area contributed by atoms with E-state index in [0.29, 0.717) is 23.1 Å². The second-order valence-electron chi connectivity index (χ2n) is 4.52. The van der Waals surface area contributed by atoms with Crippen LogP contribution in [0, 0.1) is 23.2 Å². The fourth-order valence-electron chi connectivity index (χ4n) is 1.29. The number of nitriles is 1. The van der Waals surface area contributed by atoms with Crippen molar-refractivity contribution in [1.82, 2.24) is 0 Å². The van der Waals surface area contributed by atoms with Gasteiger partial charge in [0.05, 0.1) is 11.3 Å². The zero-order valence-corrected chi connectivity index (χ0v) is 10.1. The summed E-state index contributed by atoms with van der Waals surface area (Å²) < 4.78 is 0. The van der Waals surface area contributed by atoms with Crippen LogP contribution in [-0.2, 0) is 0 Å². The molecule has 0 aliphatic heterocycles. The van der Waals surface area contributed by atoms with Crippen LogP contribution < -0.4 is 11.1 Å². The first-order valence-corrected chi connectivity index (χ1v) is 5.58. The predicted molar refractivity (Wildman–Crippen MR) is 68.1 cm³/mol. The molecule has 0 aromatic heterocycles. The maximum atomic E-state index is 8.75. The molecule has 0 amide bonds. The lowest BCUT2D eigenvalue weighted by Gasteiger charge is -2.17. The summed E-state index contributed by atoms with van der Waals surface area (Å²) in [5.41, 5.74) is 7.77. The lowest BCUT2D eigenvalue weighted by molar-refractivity contribution is 0.440. The lowest BCUT2D eigenvalue weighted by atomic mass is 9.98. The van der Waals surface area contributed by atoms with Crippen LogP contribution >= 0.6 is 0 Å². The average molecular weight is 217 g/mol. The summed E-state index contributed by atoms with van der Waals surface area (Å²) in [6, 6.07) is 7.50. The van der Waals surface area contributed by atoms with Crippen molar-refractivity contribution in [3.8, 4) is 6.07 Å². The number of nitrogens with one attached hydrogen (secondary N) is 1. The number of benzene rings is 1. The Morgan fingerprint density at radius 1 is 1.38 bits per heavy atom. The van der Waals surface area contributed by atoms with E-state index in [1.807, 2.05) is 12.1 Å². The minimum atomic E-state index is 0.530. The van der Waals surface area contributed by atoms with E-state index in [1.165, 1.54) is 0 Å². The van der Waals surface area contributed by atoms with Gasteiger partial charge < -0.3 is 11.1 Å². The third-order valence-electron chi connectivity index (χ3n) is 2.94. The fourth-order valence-corrected chi connectivity index (χ4v) is 1.29. The van der Waals surface area contributed by atoms with Crippen molar-refractivity contribution in [1.29, 1.82) is 5.26 Å². The molecule has 1 aromatic rings. The predicted octanol–water partition coefficient (Wildman–Crippen LogP) is 2.84. The molecule has 16 heavy (non-hydrogen) atoms. The molecule has 3 N–H and O–H groups in total. The molecular weight excluding hydrogens is 198 g/mol. The van der Waals surface area contributed by atoms with Gasteiger partial charge in [0.15, 0.2) is 0 Å². The Hall–Kier alpha value is -1.69. The van der Waals surface area contributed by atoms with E-state index in [-0.39, 0.29) is 0 Å². The number of hydrogen-bond donors (Lipinski definition) is 2. The standard InChI is InChI=1S/C13H19N3/c1-9(2)10(3)8-16-12-5-4-11(7-14)13(15)6-12/h4-6,9-10,16H,8,15H2,1-3H3. The largest absolute Gasteiger partial charge is 0.398 e. The zero-order chi connectivity index (χ0) is 12.1. The van der Waals surface area contributed by atoms with E-state index in [1.54, 1.807) is 6.07 Å². The number of hydrogen-bond acceptors (Lipinski definition) is 3. The first-order valence-electron chi connectivity index (χ1n) is 5.58. The summed E-state index contributed by atoms with van der Waals surface area (Å²) >= 11 is 0. The van der Waals surface area contributed by atoms with Crippen LogP contribution in [0.1, 0.15) is 26.3 Å². The molecular formula is C13H19N3. The maximum Gasteiger partial charge on any atom is 0.101 e. The molecule has 0 spiro atoms. The highest BCUT2D eigenvalue weighted by molar-refractivity contribution is 5.62. The van der Waals surface area contributed by atoms with Crippen LogP contribution in [0.15, 0.2) is 18.2 Å². The van der Waals surface area contributed by atoms with Gasteiger partial charge in [-0.1, -0.05) is 20.8 Å². The summed E-state index contributed by atoms with van der Waals surface area (Å²) in [5.74, 6) is 1.26. The van der Waals surface area contributed by atoms with E-state index in [0.717, 1.165) is 12.2 Å². The monoisotopic (exact) mass is 217 g/mol. The van der Waals surface area contributed by atoms with Gasteiger partial charge >= 0.3 is 0 Å². The molecule has 0 fully saturated rings. The van der Waals surface area contributed by atoms with Crippen molar-refractivity contribution < 1.29 is 0 Å². The molecule has 1 atom stereocenters. The number of nitrogens with two attached hydrogens (primary N) is 1. The summed E-state index contributed by atoms with van der Waals surface area (Å²) in [7, 11) is 0. The lowest BCUT2D eigenvalue weighted by Crippen LogP contribution is -2.16. The fraction of sp³-hybridized carbons (Fsp3) is 0.462. The Kier molecular flexibility index (Phi) is 4.19. The molecule has 0 aliphatic carbocycles. The van der Waals surface area contributed by atoms with Crippen LogP contribution in [-0.4, -0.2) is 6.54 Å². The highest BCUT2D eigenvalue weighted by Crippen LogP contribution is 2.18. The van der Waals surface area contributed by atoms with Gasteiger partial charge in [-0.15, -0.1) is 0 Å². The van der Waals surface area contributed by atoms with Crippen LogP contribution in [0.3, 0.4) is 0 Å². The van der Waals surface area contributed by atoms with Gasteiger partial charge in [-0.05, 0) is 30.0 Å². The number of nitrogens with zero attached hydrogens (tertiary/aromatic N) is 1. The second-order valence-corrected chi connectivity index (χ2v) is 4.52. The highest BCUT2D eigenvalue weighted by atomic mass is 14.9. The highest BCUT2D eigenvalue weighted by Gasteiger charge is 2.06. The molecule has 1 rings (SSSR count). The molecule has 1 unspecified atom stereocenters. The summed E-state index contributed by atoms with van der Waals surface area (Å²) in [6.07, 6.45) is 0. The van der Waals surface area contributed by atoms with Gasteiger partial charge in [-0.25, -0.2) is 0 Å². The van der Waals surface area contributed by atoms with Crippen molar-refractivity contribution in [3.63, 3.8) is 0 Å². The Morgan fingerprint density at radius 3 is 2.56 bits per heavy atom. The molecule has 0 radical (unpaired) electrons. The van der Waals surface area contributed by atoms with Crippen molar-refractivity contribution in [2.24, 2.45) is 11.8 Å². The van der Waals surface area contributed by atoms with E-state index in [9.17, 15) is 0 Å². The number of nitrogen functional groups attached to an aromatic ring is 1. The van der Waals surface area contributed by atoms with Crippen molar-refractivity contribution in [2.75, 3.05) is 17.6 Å². The first-order chi connectivity index (χ1) is 7.54. The van der Waals surface area contributed by atoms with Crippen molar-refractivity contribution in [3.05, 3.63) is 23.8 Å². The van der Waals surface area contributed by atoms with Gasteiger partial charge in [0.25, 0.3) is 0 Å². The third-order valence-corrected chi connectivity index (χ3v) is 2.94. The maximum absolute atomic E-state index is 8.75. The average Bonchev–Trinajstić information content (AvgIpc) is 2.25. The molecule has 0 saturated heterocycles. The Balaban J connectivity index is 2.63. The van der Waals surface area contributed by atoms with Gasteiger partial charge in [0.2, 0.25) is 0 Å². The Labute approximate surface area is 97.3 Å². The molecule has 0 bridgehead atoms. The molecule has 0 heterocycles. The van der Waals surface area contributed by atoms with E-state index in [4.69, 9.17) is 11.0 Å². The van der Waals surface area contributed by atoms with Gasteiger partial charge in [-0.3, -0.25) is 0 Å². The smallest absolute Gasteiger partial charge is 0.101 e. The van der Waals surface area contributed by atoms with Crippen LogP contribution in [0.4, 0.5) is 11.4 Å². The Bertz CT molecular complexity index is 391. The minimum absolute atomic E-state index is 0.530. The van der Waals surface area contributed by atoms with Crippen molar-refractivity contribution >= 4 is 11.4 Å². The van der Waals surface area contributed by atoms with Crippen molar-refractivity contribution in [2.45, 2.75) is 20.8 Å². The van der Waals surface area contributed by atoms with Gasteiger partial charge in [0.1, 0.15) is 6.07 Å². The second kappa shape index (κ2) is 5.41. The molecule has 1 aromatic carbocycles. The summed E-state index contributed by atoms with van der Waals surface area (Å²) in [4.78, 5) is 0. The Morgan fingerprint density at radius 2 is 2.06 bits per heavy atom. The van der Waals surface area contributed by atoms with Crippen LogP contribution in [0.2, 0.25) is 0 Å². The first kappa shape index (κ1) is 12.4. The summed E-state index contributed by atoms with van der Waals surface area (Å²) in [6.45, 7) is 7.55. The van der Waals surface area contributed by atoms with E-state index in [2.05, 4.69) is 32.2 Å². The molecule has 3 nitrogen and oxygen atoms in total. The molecule has 86 valence electrons. The quantitative estimate of drug-likeness (QED) is 0.762. The SMILES string of the molecule is CC(C)C(C)CNc1ccc(C#N)c(N)c1. The molecule has 3 heteroatoms. The van der Waals surface area contributed by atoms with Gasteiger partial charge in [0, 0.05) is 12.2 Å². The third kappa shape index (κ3) is 3.16. The van der Waals surface area contributed by atoms with E-state index >= 15 is 0 Å². The topological polar surface area (TPSA) is 61.8 Å². The number of anilines is 2. The molecule has 0 saturated carbocycles. The van der Waals surface area contributed by atoms with Crippen LogP contribution in [0.5, 0.6) is 0 Å². The van der Waals surface area contributed by atoms with Gasteiger partial charge in [-0.2, -0.15) is 5.26 Å². The number of rotatable bonds is 4. The zero-order valence-electron chi connectivity index (χ0n) is 10.1. The molecule has 0 aliphatic rings. The normalized spacial score (nSPS) is 12.2.